The van der Waals surface area contributed by atoms with Crippen LogP contribution in [-0.2, 0) is 42.9 Å². The summed E-state index contributed by atoms with van der Waals surface area (Å²) in [6, 6.07) is 3.45. The molecule has 0 bridgehead atoms. The Balaban J connectivity index is 1.92. The average Bonchev–Trinajstić information content (AvgIpc) is 3.47. The van der Waals surface area contributed by atoms with E-state index in [0.717, 1.165) is 32.1 Å². The van der Waals surface area contributed by atoms with Crippen LogP contribution in [0.15, 0.2) is 23.7 Å². The summed E-state index contributed by atoms with van der Waals surface area (Å²) in [6.45, 7) is 4.26. The number of carbonyl (C=O) groups excluding carboxylic acids is 5. The van der Waals surface area contributed by atoms with Crippen LogP contribution in [0, 0.1) is 0 Å². The SMILES string of the molecule is CC(=O)OC[C@H]1O[C@@H](Nc2ncc(C(=O)c3cccs3)s2)[C@@H](OC(C)=O)[C@@H](OC(C)=O)[C@@H]1OC(C)=O. The average molecular weight is 541 g/mol. The lowest BCUT2D eigenvalue weighted by Gasteiger charge is -2.44. The highest BCUT2D eigenvalue weighted by molar-refractivity contribution is 7.19. The summed E-state index contributed by atoms with van der Waals surface area (Å²) in [5, 5.41) is 4.97. The van der Waals surface area contributed by atoms with Gasteiger partial charge in [0.25, 0.3) is 0 Å². The van der Waals surface area contributed by atoms with E-state index in [-0.39, 0.29) is 17.5 Å². The van der Waals surface area contributed by atoms with E-state index in [0.29, 0.717) is 9.75 Å². The highest BCUT2D eigenvalue weighted by Gasteiger charge is 2.52. The summed E-state index contributed by atoms with van der Waals surface area (Å²) < 4.78 is 27.1. The van der Waals surface area contributed by atoms with Gasteiger partial charge in [-0.3, -0.25) is 24.0 Å². The van der Waals surface area contributed by atoms with E-state index in [1.54, 1.807) is 17.5 Å². The fraction of sp³-hybridized carbons (Fsp3) is 0.455. The van der Waals surface area contributed by atoms with Gasteiger partial charge in [0.15, 0.2) is 29.7 Å². The number of aromatic nitrogens is 1. The Hall–Kier alpha value is -3.36. The normalized spacial score (nSPS) is 23.3. The summed E-state index contributed by atoms with van der Waals surface area (Å²) in [5.41, 5.74) is 0. The largest absolute Gasteiger partial charge is 0.463 e. The van der Waals surface area contributed by atoms with Gasteiger partial charge >= 0.3 is 23.9 Å². The summed E-state index contributed by atoms with van der Waals surface area (Å²) >= 11 is 2.33. The lowest BCUT2D eigenvalue weighted by Crippen LogP contribution is -2.64. The monoisotopic (exact) mass is 540 g/mol. The molecule has 194 valence electrons. The van der Waals surface area contributed by atoms with Crippen molar-refractivity contribution in [1.82, 2.24) is 4.98 Å². The molecule has 2 aromatic heterocycles. The van der Waals surface area contributed by atoms with Crippen LogP contribution in [0.4, 0.5) is 5.13 Å². The van der Waals surface area contributed by atoms with E-state index in [1.165, 1.54) is 24.5 Å². The van der Waals surface area contributed by atoms with Gasteiger partial charge in [-0.25, -0.2) is 4.98 Å². The van der Waals surface area contributed by atoms with Gasteiger partial charge in [-0.2, -0.15) is 0 Å². The zero-order chi connectivity index (χ0) is 26.4. The molecule has 0 saturated carbocycles. The number of thiazole rings is 1. The van der Waals surface area contributed by atoms with Crippen molar-refractivity contribution in [2.45, 2.75) is 58.3 Å². The second-order valence-corrected chi connectivity index (χ2v) is 9.58. The minimum Gasteiger partial charge on any atom is -0.463 e. The van der Waals surface area contributed by atoms with Crippen molar-refractivity contribution < 1.29 is 47.7 Å². The number of anilines is 1. The number of ether oxygens (including phenoxy) is 5. The van der Waals surface area contributed by atoms with Crippen molar-refractivity contribution in [1.29, 1.82) is 0 Å². The first kappa shape index (κ1) is 27.2. The molecule has 14 heteroatoms. The molecule has 1 aliphatic heterocycles. The van der Waals surface area contributed by atoms with E-state index in [9.17, 15) is 24.0 Å². The van der Waals surface area contributed by atoms with Gasteiger partial charge in [0.1, 0.15) is 12.7 Å². The third-order valence-electron chi connectivity index (χ3n) is 4.73. The molecule has 2 aromatic rings. The highest BCUT2D eigenvalue weighted by Crippen LogP contribution is 2.31. The predicted octanol–water partition coefficient (Wildman–Crippen LogP) is 1.93. The van der Waals surface area contributed by atoms with Crippen LogP contribution in [-0.4, -0.2) is 71.9 Å². The van der Waals surface area contributed by atoms with Gasteiger partial charge in [0.05, 0.1) is 16.0 Å². The number of rotatable bonds is 9. The molecule has 1 N–H and O–H groups in total. The van der Waals surface area contributed by atoms with Crippen molar-refractivity contribution in [3.63, 3.8) is 0 Å². The number of hydrogen-bond acceptors (Lipinski definition) is 14. The first-order valence-corrected chi connectivity index (χ1v) is 12.4. The predicted molar refractivity (Wildman–Crippen MR) is 125 cm³/mol. The summed E-state index contributed by atoms with van der Waals surface area (Å²) in [7, 11) is 0. The first-order chi connectivity index (χ1) is 17.0. The quantitative estimate of drug-likeness (QED) is 0.280. The minimum absolute atomic E-state index is 0.211. The van der Waals surface area contributed by atoms with Crippen LogP contribution in [0.2, 0.25) is 0 Å². The van der Waals surface area contributed by atoms with Crippen molar-refractivity contribution in [2.24, 2.45) is 0 Å². The van der Waals surface area contributed by atoms with Crippen LogP contribution in [0.3, 0.4) is 0 Å². The molecule has 0 aliphatic carbocycles. The van der Waals surface area contributed by atoms with Gasteiger partial charge in [-0.1, -0.05) is 17.4 Å². The zero-order valence-electron chi connectivity index (χ0n) is 19.7. The summed E-state index contributed by atoms with van der Waals surface area (Å²) in [6.07, 6.45) is -4.75. The highest BCUT2D eigenvalue weighted by atomic mass is 32.1. The van der Waals surface area contributed by atoms with E-state index in [4.69, 9.17) is 23.7 Å². The smallest absolute Gasteiger partial charge is 0.303 e. The number of hydrogen-bond donors (Lipinski definition) is 1. The van der Waals surface area contributed by atoms with Crippen molar-refractivity contribution in [3.8, 4) is 0 Å². The molecule has 0 unspecified atom stereocenters. The molecule has 0 aromatic carbocycles. The van der Waals surface area contributed by atoms with Gasteiger partial charge < -0.3 is 29.0 Å². The van der Waals surface area contributed by atoms with Crippen LogP contribution in [0.5, 0.6) is 0 Å². The van der Waals surface area contributed by atoms with Crippen LogP contribution < -0.4 is 5.32 Å². The molecular formula is C22H24N2O10S2. The molecule has 5 atom stereocenters. The van der Waals surface area contributed by atoms with E-state index in [1.807, 2.05) is 0 Å². The summed E-state index contributed by atoms with van der Waals surface area (Å²) in [4.78, 5) is 64.8. The second kappa shape index (κ2) is 12.1. The van der Waals surface area contributed by atoms with E-state index >= 15 is 0 Å². The van der Waals surface area contributed by atoms with Gasteiger partial charge in [-0.15, -0.1) is 11.3 Å². The third kappa shape index (κ3) is 7.08. The molecule has 0 spiro atoms. The fourth-order valence-electron chi connectivity index (χ4n) is 3.44. The maximum atomic E-state index is 12.6. The molecule has 12 nitrogen and oxygen atoms in total. The molecule has 1 saturated heterocycles. The van der Waals surface area contributed by atoms with Crippen LogP contribution in [0.25, 0.3) is 0 Å². The second-order valence-electron chi connectivity index (χ2n) is 7.60. The maximum absolute atomic E-state index is 12.6. The number of carbonyl (C=O) groups is 5. The molecule has 36 heavy (non-hydrogen) atoms. The van der Waals surface area contributed by atoms with E-state index in [2.05, 4.69) is 10.3 Å². The fourth-order valence-corrected chi connectivity index (χ4v) is 4.98. The minimum atomic E-state index is -1.31. The lowest BCUT2D eigenvalue weighted by molar-refractivity contribution is -0.247. The number of nitrogens with zero attached hydrogens (tertiary/aromatic N) is 1. The third-order valence-corrected chi connectivity index (χ3v) is 6.53. The van der Waals surface area contributed by atoms with E-state index < -0.39 is 54.5 Å². The van der Waals surface area contributed by atoms with Crippen LogP contribution in [0.1, 0.15) is 42.2 Å². The molecule has 0 radical (unpaired) electrons. The Bertz CT molecular complexity index is 1120. The van der Waals surface area contributed by atoms with Crippen molar-refractivity contribution in [2.75, 3.05) is 11.9 Å². The zero-order valence-corrected chi connectivity index (χ0v) is 21.4. The lowest BCUT2D eigenvalue weighted by atomic mass is 9.97. The molecule has 3 rings (SSSR count). The standard InChI is InChI=1S/C22H24N2O10S2/c1-10(25)30-9-14-18(31-11(2)26)19(32-12(3)27)20(33-13(4)28)21(34-14)24-22-23-8-16(36-22)17(29)15-6-5-7-35-15/h5-8,14,18-21H,9H2,1-4H3,(H,23,24)/t14-,18-,19+,20+,21-/m1/s1. The molecule has 1 fully saturated rings. The van der Waals surface area contributed by atoms with Crippen molar-refractivity contribution in [3.05, 3.63) is 33.5 Å². The number of ketones is 1. The van der Waals surface area contributed by atoms with Gasteiger partial charge in [0.2, 0.25) is 5.78 Å². The Morgan fingerprint density at radius 2 is 1.56 bits per heavy atom. The molecule has 1 aliphatic rings. The number of nitrogens with one attached hydrogen (secondary N) is 1. The molecule has 3 heterocycles. The van der Waals surface area contributed by atoms with Gasteiger partial charge in [-0.05, 0) is 11.4 Å². The topological polar surface area (TPSA) is 156 Å². The molecular weight excluding hydrogens is 516 g/mol. The Morgan fingerprint density at radius 3 is 2.14 bits per heavy atom. The van der Waals surface area contributed by atoms with Gasteiger partial charge in [0, 0.05) is 27.7 Å². The number of thiophene rings is 1. The van der Waals surface area contributed by atoms with Crippen molar-refractivity contribution >= 4 is 57.5 Å². The summed E-state index contributed by atoms with van der Waals surface area (Å²) in [5.74, 6) is -3.01. The first-order valence-electron chi connectivity index (χ1n) is 10.7. The number of esters is 4. The van der Waals surface area contributed by atoms with Crippen LogP contribution >= 0.6 is 22.7 Å². The Morgan fingerprint density at radius 1 is 0.917 bits per heavy atom. The molecule has 0 amide bonds. The Kier molecular flexibility index (Phi) is 9.12. The maximum Gasteiger partial charge on any atom is 0.303 e. The Labute approximate surface area is 213 Å².